The molecule has 0 radical (unpaired) electrons. The molecule has 0 N–H and O–H groups in total. The molecule has 0 amide bonds. The summed E-state index contributed by atoms with van der Waals surface area (Å²) in [5.74, 6) is -0.243. The van der Waals surface area contributed by atoms with Crippen molar-refractivity contribution in [3.05, 3.63) is 59.9 Å². The molecule has 82 valence electrons. The van der Waals surface area contributed by atoms with Crippen molar-refractivity contribution in [2.45, 2.75) is 4.84 Å². The zero-order valence-corrected chi connectivity index (χ0v) is 9.84. The summed E-state index contributed by atoms with van der Waals surface area (Å²) in [6.45, 7) is 0. The molecule has 0 saturated carbocycles. The Labute approximate surface area is 104 Å². The summed E-state index contributed by atoms with van der Waals surface area (Å²) in [7, 11) is 0. The molecule has 0 atom stereocenters. The number of alkyl halides is 2. The van der Waals surface area contributed by atoms with Crippen molar-refractivity contribution >= 4 is 23.2 Å². The van der Waals surface area contributed by atoms with Crippen molar-refractivity contribution in [1.82, 2.24) is 0 Å². The van der Waals surface area contributed by atoms with Gasteiger partial charge in [-0.15, -0.1) is 23.2 Å². The Bertz CT molecular complexity index is 478. The number of benzene rings is 2. The van der Waals surface area contributed by atoms with Gasteiger partial charge in [0.1, 0.15) is 10.7 Å². The van der Waals surface area contributed by atoms with Crippen LogP contribution in [0.15, 0.2) is 48.5 Å². The Morgan fingerprint density at radius 1 is 0.875 bits per heavy atom. The third-order valence-electron chi connectivity index (χ3n) is 2.32. The van der Waals surface area contributed by atoms with Crippen molar-refractivity contribution in [3.63, 3.8) is 0 Å². The molecule has 0 fully saturated rings. The molecular formula is C13H9Cl2F. The summed E-state index contributed by atoms with van der Waals surface area (Å²) in [5.41, 5.74) is 2.76. The first kappa shape index (κ1) is 11.4. The van der Waals surface area contributed by atoms with Crippen LogP contribution in [-0.4, -0.2) is 0 Å². The first-order valence-corrected chi connectivity index (χ1v) is 5.68. The molecule has 0 aliphatic carbocycles. The van der Waals surface area contributed by atoms with Crippen molar-refractivity contribution in [2.75, 3.05) is 0 Å². The zero-order valence-electron chi connectivity index (χ0n) is 8.33. The van der Waals surface area contributed by atoms with Crippen molar-refractivity contribution in [3.8, 4) is 11.1 Å². The highest BCUT2D eigenvalue weighted by Crippen LogP contribution is 2.28. The zero-order chi connectivity index (χ0) is 11.5. The second kappa shape index (κ2) is 4.86. The van der Waals surface area contributed by atoms with E-state index in [4.69, 9.17) is 23.2 Å². The highest BCUT2D eigenvalue weighted by molar-refractivity contribution is 6.44. The van der Waals surface area contributed by atoms with Crippen molar-refractivity contribution < 1.29 is 4.39 Å². The number of hydrogen-bond acceptors (Lipinski definition) is 0. The van der Waals surface area contributed by atoms with E-state index in [0.717, 1.165) is 16.7 Å². The van der Waals surface area contributed by atoms with Gasteiger partial charge in [0.2, 0.25) is 0 Å². The van der Waals surface area contributed by atoms with Crippen LogP contribution in [0.3, 0.4) is 0 Å². The van der Waals surface area contributed by atoms with Crippen LogP contribution in [0.1, 0.15) is 10.4 Å². The molecule has 0 unspecified atom stereocenters. The molecule has 0 aliphatic rings. The summed E-state index contributed by atoms with van der Waals surface area (Å²) in [4.78, 5) is -0.541. The minimum Gasteiger partial charge on any atom is -0.207 e. The summed E-state index contributed by atoms with van der Waals surface area (Å²) in [6.07, 6.45) is 0. The van der Waals surface area contributed by atoms with E-state index in [9.17, 15) is 4.39 Å². The lowest BCUT2D eigenvalue weighted by Gasteiger charge is -2.05. The first-order valence-electron chi connectivity index (χ1n) is 4.81. The van der Waals surface area contributed by atoms with Gasteiger partial charge in [0.25, 0.3) is 0 Å². The first-order chi connectivity index (χ1) is 7.66. The maximum absolute atomic E-state index is 12.8. The van der Waals surface area contributed by atoms with E-state index in [1.165, 1.54) is 12.1 Å². The standard InChI is InChI=1S/C13H9Cl2F/c14-13(15)11-3-1-2-10(8-11)9-4-6-12(16)7-5-9/h1-8,13H. The SMILES string of the molecule is Fc1ccc(-c2cccc(C(Cl)Cl)c2)cc1. The maximum atomic E-state index is 12.8. The fourth-order valence-electron chi connectivity index (χ4n) is 1.50. The highest BCUT2D eigenvalue weighted by Gasteiger charge is 2.05. The van der Waals surface area contributed by atoms with Crippen LogP contribution in [0.5, 0.6) is 0 Å². The highest BCUT2D eigenvalue weighted by atomic mass is 35.5. The fourth-order valence-corrected chi connectivity index (χ4v) is 1.77. The number of rotatable bonds is 2. The van der Waals surface area contributed by atoms with Crippen LogP contribution < -0.4 is 0 Å². The van der Waals surface area contributed by atoms with E-state index in [0.29, 0.717) is 0 Å². The molecule has 2 rings (SSSR count). The molecule has 0 bridgehead atoms. The minimum absolute atomic E-state index is 0.243. The average molecular weight is 255 g/mol. The average Bonchev–Trinajstić information content (AvgIpc) is 2.30. The van der Waals surface area contributed by atoms with Crippen molar-refractivity contribution in [1.29, 1.82) is 0 Å². The Hall–Kier alpha value is -1.05. The quantitative estimate of drug-likeness (QED) is 0.664. The van der Waals surface area contributed by atoms with Crippen LogP contribution in [0, 0.1) is 5.82 Å². The van der Waals surface area contributed by atoms with E-state index in [1.807, 2.05) is 24.3 Å². The van der Waals surface area contributed by atoms with E-state index in [2.05, 4.69) is 0 Å². The van der Waals surface area contributed by atoms with Crippen LogP contribution in [0.4, 0.5) is 4.39 Å². The summed E-state index contributed by atoms with van der Waals surface area (Å²) in [5, 5.41) is 0. The molecule has 0 spiro atoms. The predicted molar refractivity (Wildman–Crippen MR) is 66.3 cm³/mol. The maximum Gasteiger partial charge on any atom is 0.132 e. The van der Waals surface area contributed by atoms with Crippen LogP contribution >= 0.6 is 23.2 Å². The van der Waals surface area contributed by atoms with Gasteiger partial charge < -0.3 is 0 Å². The second-order valence-corrected chi connectivity index (χ2v) is 4.53. The second-order valence-electron chi connectivity index (χ2n) is 3.43. The minimum atomic E-state index is -0.541. The summed E-state index contributed by atoms with van der Waals surface area (Å²) < 4.78 is 12.8. The lowest BCUT2D eigenvalue weighted by molar-refractivity contribution is 0.628. The third kappa shape index (κ3) is 2.55. The van der Waals surface area contributed by atoms with Gasteiger partial charge in [-0.25, -0.2) is 4.39 Å². The molecular weight excluding hydrogens is 246 g/mol. The number of hydrogen-bond donors (Lipinski definition) is 0. The fraction of sp³-hybridized carbons (Fsp3) is 0.0769. The molecule has 2 aromatic rings. The van der Waals surface area contributed by atoms with Crippen LogP contribution in [0.25, 0.3) is 11.1 Å². The number of halogens is 3. The Morgan fingerprint density at radius 3 is 2.19 bits per heavy atom. The predicted octanol–water partition coefficient (Wildman–Crippen LogP) is 4.97. The summed E-state index contributed by atoms with van der Waals surface area (Å²) in [6, 6.07) is 13.9. The molecule has 0 aromatic heterocycles. The van der Waals surface area contributed by atoms with E-state index < -0.39 is 4.84 Å². The third-order valence-corrected chi connectivity index (χ3v) is 2.82. The van der Waals surface area contributed by atoms with Gasteiger partial charge in [-0.05, 0) is 34.9 Å². The van der Waals surface area contributed by atoms with Gasteiger partial charge in [-0.3, -0.25) is 0 Å². The summed E-state index contributed by atoms with van der Waals surface area (Å²) >= 11 is 11.6. The van der Waals surface area contributed by atoms with Gasteiger partial charge in [0, 0.05) is 0 Å². The van der Waals surface area contributed by atoms with Gasteiger partial charge >= 0.3 is 0 Å². The van der Waals surface area contributed by atoms with Gasteiger partial charge in [0.15, 0.2) is 0 Å². The van der Waals surface area contributed by atoms with Gasteiger partial charge in [0.05, 0.1) is 0 Å². The van der Waals surface area contributed by atoms with E-state index in [-0.39, 0.29) is 5.82 Å². The normalized spacial score (nSPS) is 10.8. The Balaban J connectivity index is 2.40. The monoisotopic (exact) mass is 254 g/mol. The van der Waals surface area contributed by atoms with Gasteiger partial charge in [-0.2, -0.15) is 0 Å². The van der Waals surface area contributed by atoms with Crippen LogP contribution in [0.2, 0.25) is 0 Å². The molecule has 0 aliphatic heterocycles. The molecule has 0 saturated heterocycles. The van der Waals surface area contributed by atoms with E-state index in [1.54, 1.807) is 12.1 Å². The van der Waals surface area contributed by atoms with E-state index >= 15 is 0 Å². The molecule has 0 nitrogen and oxygen atoms in total. The molecule has 2 aromatic carbocycles. The topological polar surface area (TPSA) is 0 Å². The lowest BCUT2D eigenvalue weighted by atomic mass is 10.0. The molecule has 3 heteroatoms. The Kier molecular flexibility index (Phi) is 3.47. The van der Waals surface area contributed by atoms with Gasteiger partial charge in [-0.1, -0.05) is 30.3 Å². The largest absolute Gasteiger partial charge is 0.207 e. The molecule has 16 heavy (non-hydrogen) atoms. The van der Waals surface area contributed by atoms with Crippen molar-refractivity contribution in [2.24, 2.45) is 0 Å². The molecule has 0 heterocycles. The van der Waals surface area contributed by atoms with Crippen LogP contribution in [-0.2, 0) is 0 Å². The smallest absolute Gasteiger partial charge is 0.132 e. The Morgan fingerprint density at radius 2 is 1.56 bits per heavy atom. The lowest BCUT2D eigenvalue weighted by Crippen LogP contribution is -1.84.